The topological polar surface area (TPSA) is 56.6 Å². The van der Waals surface area contributed by atoms with Crippen molar-refractivity contribution in [3.63, 3.8) is 0 Å². The van der Waals surface area contributed by atoms with Crippen LogP contribution in [0.25, 0.3) is 10.9 Å². The molecule has 0 saturated heterocycles. The fourth-order valence-corrected chi connectivity index (χ4v) is 1.80. The molecule has 4 heteroatoms. The summed E-state index contributed by atoms with van der Waals surface area (Å²) in [5, 5.41) is 9.05. The molecule has 0 bridgehead atoms. The first-order chi connectivity index (χ1) is 7.65. The number of hydrogen-bond acceptors (Lipinski definition) is 2. The largest absolute Gasteiger partial charge is 0.360 e. The Morgan fingerprint density at radius 2 is 2.31 bits per heavy atom. The number of benzene rings is 1. The molecule has 0 aliphatic carbocycles. The molecule has 3 nitrogen and oxygen atoms in total. The zero-order chi connectivity index (χ0) is 11.7. The SMILES string of the molecule is CC(Cl)C(=O)c1c[nH]c2cccc(C#N)c12. The number of halogens is 1. The molecule has 2 aromatic rings. The standard InChI is InChI=1S/C12H9ClN2O/c1-7(13)12(16)9-6-15-10-4-2-3-8(5-14)11(9)10/h2-4,6-7,15H,1H3. The smallest absolute Gasteiger partial charge is 0.182 e. The first-order valence-corrected chi connectivity index (χ1v) is 5.27. The van der Waals surface area contributed by atoms with E-state index in [0.29, 0.717) is 16.5 Å². The number of nitriles is 1. The van der Waals surface area contributed by atoms with Crippen LogP contribution in [0.4, 0.5) is 0 Å². The molecule has 1 N–H and O–H groups in total. The van der Waals surface area contributed by atoms with Gasteiger partial charge in [0.15, 0.2) is 5.78 Å². The van der Waals surface area contributed by atoms with Gasteiger partial charge in [0.1, 0.15) is 0 Å². The average molecular weight is 233 g/mol. The quantitative estimate of drug-likeness (QED) is 0.639. The van der Waals surface area contributed by atoms with Gasteiger partial charge >= 0.3 is 0 Å². The number of carbonyl (C=O) groups is 1. The van der Waals surface area contributed by atoms with Crippen LogP contribution in [0, 0.1) is 11.3 Å². The lowest BCUT2D eigenvalue weighted by molar-refractivity contribution is 0.0993. The Morgan fingerprint density at radius 3 is 2.94 bits per heavy atom. The Labute approximate surface area is 97.6 Å². The number of aromatic nitrogens is 1. The molecule has 0 radical (unpaired) electrons. The molecule has 0 fully saturated rings. The predicted octanol–water partition coefficient (Wildman–Crippen LogP) is 2.85. The van der Waals surface area contributed by atoms with Crippen molar-refractivity contribution in [1.82, 2.24) is 4.98 Å². The zero-order valence-electron chi connectivity index (χ0n) is 8.62. The highest BCUT2D eigenvalue weighted by Gasteiger charge is 2.18. The highest BCUT2D eigenvalue weighted by Crippen LogP contribution is 2.24. The lowest BCUT2D eigenvalue weighted by Gasteiger charge is -2.01. The lowest BCUT2D eigenvalue weighted by atomic mass is 10.0. The number of carbonyl (C=O) groups excluding carboxylic acids is 1. The number of nitrogens with one attached hydrogen (secondary N) is 1. The third kappa shape index (κ3) is 1.58. The van der Waals surface area contributed by atoms with Crippen molar-refractivity contribution in [3.05, 3.63) is 35.5 Å². The van der Waals surface area contributed by atoms with E-state index in [-0.39, 0.29) is 5.78 Å². The Morgan fingerprint density at radius 1 is 1.56 bits per heavy atom. The summed E-state index contributed by atoms with van der Waals surface area (Å²) >= 11 is 5.77. The maximum absolute atomic E-state index is 11.8. The van der Waals surface area contributed by atoms with Crippen molar-refractivity contribution in [2.45, 2.75) is 12.3 Å². The average Bonchev–Trinajstić information content (AvgIpc) is 2.71. The van der Waals surface area contributed by atoms with Gasteiger partial charge in [-0.2, -0.15) is 5.26 Å². The molecule has 1 atom stereocenters. The van der Waals surface area contributed by atoms with Crippen LogP contribution in [0.2, 0.25) is 0 Å². The van der Waals surface area contributed by atoms with Gasteiger partial charge in [0.05, 0.1) is 17.0 Å². The number of nitrogens with zero attached hydrogens (tertiary/aromatic N) is 1. The number of H-pyrrole nitrogens is 1. The third-order valence-electron chi connectivity index (χ3n) is 2.45. The van der Waals surface area contributed by atoms with Crippen molar-refractivity contribution >= 4 is 28.3 Å². The van der Waals surface area contributed by atoms with Gasteiger partial charge in [-0.05, 0) is 19.1 Å². The zero-order valence-corrected chi connectivity index (χ0v) is 9.38. The number of aromatic amines is 1. The van der Waals surface area contributed by atoms with Crippen molar-refractivity contribution in [3.8, 4) is 6.07 Å². The summed E-state index contributed by atoms with van der Waals surface area (Å²) in [4.78, 5) is 14.8. The number of alkyl halides is 1. The highest BCUT2D eigenvalue weighted by molar-refractivity contribution is 6.35. The second kappa shape index (κ2) is 3.99. The van der Waals surface area contributed by atoms with Crippen LogP contribution >= 0.6 is 11.6 Å². The first kappa shape index (κ1) is 10.7. The molecule has 0 aliphatic rings. The van der Waals surface area contributed by atoms with Crippen LogP contribution < -0.4 is 0 Å². The monoisotopic (exact) mass is 232 g/mol. The molecule has 80 valence electrons. The summed E-state index contributed by atoms with van der Waals surface area (Å²) in [6.45, 7) is 1.62. The van der Waals surface area contributed by atoms with E-state index >= 15 is 0 Å². The minimum Gasteiger partial charge on any atom is -0.360 e. The number of fused-ring (bicyclic) bond motifs is 1. The first-order valence-electron chi connectivity index (χ1n) is 4.83. The van der Waals surface area contributed by atoms with Crippen molar-refractivity contribution < 1.29 is 4.79 Å². The minimum absolute atomic E-state index is 0.171. The van der Waals surface area contributed by atoms with Crippen molar-refractivity contribution in [1.29, 1.82) is 5.26 Å². The molecule has 1 aromatic heterocycles. The molecule has 2 rings (SSSR count). The summed E-state index contributed by atoms with van der Waals surface area (Å²) in [7, 11) is 0. The van der Waals surface area contributed by atoms with Crippen LogP contribution in [0.5, 0.6) is 0 Å². The number of Topliss-reactive ketones (excluding diaryl/α,β-unsaturated/α-hetero) is 1. The van der Waals surface area contributed by atoms with Crippen LogP contribution in [0.15, 0.2) is 24.4 Å². The van der Waals surface area contributed by atoms with Crippen molar-refractivity contribution in [2.75, 3.05) is 0 Å². The van der Waals surface area contributed by atoms with Gasteiger partial charge in [0, 0.05) is 22.7 Å². The van der Waals surface area contributed by atoms with Crippen LogP contribution in [-0.2, 0) is 0 Å². The number of hydrogen-bond donors (Lipinski definition) is 1. The van der Waals surface area contributed by atoms with Gasteiger partial charge in [-0.25, -0.2) is 0 Å². The van der Waals surface area contributed by atoms with Crippen LogP contribution in [0.1, 0.15) is 22.8 Å². The molecule has 1 heterocycles. The third-order valence-corrected chi connectivity index (χ3v) is 2.65. The van der Waals surface area contributed by atoms with Crippen LogP contribution in [-0.4, -0.2) is 16.1 Å². The summed E-state index contributed by atoms with van der Waals surface area (Å²) < 4.78 is 0. The molecule has 1 aromatic carbocycles. The van der Waals surface area contributed by atoms with E-state index in [1.54, 1.807) is 25.3 Å². The van der Waals surface area contributed by atoms with Crippen molar-refractivity contribution in [2.24, 2.45) is 0 Å². The lowest BCUT2D eigenvalue weighted by Crippen LogP contribution is -2.09. The summed E-state index contributed by atoms with van der Waals surface area (Å²) in [6.07, 6.45) is 1.60. The Bertz CT molecular complexity index is 593. The molecular weight excluding hydrogens is 224 g/mol. The molecule has 1 unspecified atom stereocenters. The van der Waals surface area contributed by atoms with E-state index < -0.39 is 5.38 Å². The van der Waals surface area contributed by atoms with E-state index in [1.165, 1.54) is 0 Å². The van der Waals surface area contributed by atoms with Gasteiger partial charge < -0.3 is 4.98 Å². The molecule has 0 saturated carbocycles. The van der Waals surface area contributed by atoms with Gasteiger partial charge in [0.25, 0.3) is 0 Å². The Kier molecular flexibility index (Phi) is 2.67. The Balaban J connectivity index is 2.73. The number of ketones is 1. The van der Waals surface area contributed by atoms with Gasteiger partial charge in [-0.15, -0.1) is 11.6 Å². The fraction of sp³-hybridized carbons (Fsp3) is 0.167. The molecule has 0 amide bonds. The van der Waals surface area contributed by atoms with E-state index in [2.05, 4.69) is 11.1 Å². The maximum Gasteiger partial charge on any atom is 0.182 e. The normalized spacial score (nSPS) is 12.3. The Hall–Kier alpha value is -1.79. The maximum atomic E-state index is 11.8. The van der Waals surface area contributed by atoms with Crippen LogP contribution in [0.3, 0.4) is 0 Å². The fourth-order valence-electron chi connectivity index (χ4n) is 1.69. The summed E-state index contributed by atoms with van der Waals surface area (Å²) in [5.74, 6) is -0.171. The van der Waals surface area contributed by atoms with E-state index in [9.17, 15) is 4.79 Å². The molecule has 0 spiro atoms. The summed E-state index contributed by atoms with van der Waals surface area (Å²) in [6, 6.07) is 7.36. The van der Waals surface area contributed by atoms with Gasteiger partial charge in [-0.3, -0.25) is 4.79 Å². The van der Waals surface area contributed by atoms with Gasteiger partial charge in [0.2, 0.25) is 0 Å². The summed E-state index contributed by atoms with van der Waals surface area (Å²) in [5.41, 5.74) is 1.74. The second-order valence-electron chi connectivity index (χ2n) is 3.52. The molecule has 16 heavy (non-hydrogen) atoms. The van der Waals surface area contributed by atoms with E-state index in [1.807, 2.05) is 6.07 Å². The predicted molar refractivity (Wildman–Crippen MR) is 62.7 cm³/mol. The second-order valence-corrected chi connectivity index (χ2v) is 4.18. The number of rotatable bonds is 2. The van der Waals surface area contributed by atoms with Gasteiger partial charge in [-0.1, -0.05) is 6.07 Å². The highest BCUT2D eigenvalue weighted by atomic mass is 35.5. The van der Waals surface area contributed by atoms with E-state index in [4.69, 9.17) is 16.9 Å². The molecule has 0 aliphatic heterocycles. The minimum atomic E-state index is -0.592. The molecular formula is C12H9ClN2O. The van der Waals surface area contributed by atoms with E-state index in [0.717, 1.165) is 5.52 Å².